The zero-order valence-electron chi connectivity index (χ0n) is 19.0. The summed E-state index contributed by atoms with van der Waals surface area (Å²) in [4.78, 5) is 22.0. The topological polar surface area (TPSA) is 75.1 Å². The van der Waals surface area contributed by atoms with Gasteiger partial charge in [0.05, 0.1) is 11.7 Å². The molecule has 2 unspecified atom stereocenters. The van der Waals surface area contributed by atoms with Gasteiger partial charge in [-0.05, 0) is 73.4 Å². The lowest BCUT2D eigenvalue weighted by atomic mass is 9.95. The van der Waals surface area contributed by atoms with Gasteiger partial charge in [-0.1, -0.05) is 42.5 Å². The van der Waals surface area contributed by atoms with E-state index < -0.39 is 6.10 Å². The first kappa shape index (κ1) is 22.4. The largest absolute Gasteiger partial charge is 0.384 e. The highest BCUT2D eigenvalue weighted by Crippen LogP contribution is 2.28. The van der Waals surface area contributed by atoms with E-state index in [0.29, 0.717) is 11.1 Å². The number of amides is 1. The molecule has 166 valence electrons. The third kappa shape index (κ3) is 5.33. The van der Waals surface area contributed by atoms with Crippen LogP contribution >= 0.6 is 0 Å². The van der Waals surface area contributed by atoms with Gasteiger partial charge in [0.2, 0.25) is 0 Å². The van der Waals surface area contributed by atoms with Crippen LogP contribution < -0.4 is 5.32 Å². The van der Waals surface area contributed by atoms with Crippen molar-refractivity contribution in [1.82, 2.24) is 15.3 Å². The van der Waals surface area contributed by atoms with Crippen molar-refractivity contribution in [2.24, 2.45) is 0 Å². The van der Waals surface area contributed by atoms with Crippen LogP contribution in [-0.4, -0.2) is 21.0 Å². The van der Waals surface area contributed by atoms with Gasteiger partial charge in [0.1, 0.15) is 6.10 Å². The van der Waals surface area contributed by atoms with E-state index >= 15 is 0 Å². The first-order valence-corrected chi connectivity index (χ1v) is 10.9. The molecule has 0 aliphatic heterocycles. The number of carbonyl (C=O) groups is 1. The normalized spacial score (nSPS) is 12.7. The van der Waals surface area contributed by atoms with E-state index in [1.165, 1.54) is 0 Å². The van der Waals surface area contributed by atoms with Crippen LogP contribution in [0.4, 0.5) is 0 Å². The zero-order valence-corrected chi connectivity index (χ0v) is 19.0. The van der Waals surface area contributed by atoms with Gasteiger partial charge in [-0.3, -0.25) is 14.8 Å². The summed E-state index contributed by atoms with van der Waals surface area (Å²) in [7, 11) is 0. The lowest BCUT2D eigenvalue weighted by Gasteiger charge is -2.17. The Hall–Kier alpha value is -3.83. The molecule has 0 fully saturated rings. The molecule has 1 amide bonds. The molecule has 2 atom stereocenters. The minimum Gasteiger partial charge on any atom is -0.384 e. The Labute approximate surface area is 194 Å². The Morgan fingerprint density at radius 3 is 2.30 bits per heavy atom. The Bertz CT molecular complexity index is 1240. The molecule has 0 aliphatic carbocycles. The van der Waals surface area contributed by atoms with E-state index in [0.717, 1.165) is 33.6 Å². The molecule has 2 aromatic heterocycles. The number of hydrogen-bond donors (Lipinski definition) is 2. The second kappa shape index (κ2) is 9.76. The highest BCUT2D eigenvalue weighted by atomic mass is 16.3. The van der Waals surface area contributed by atoms with Gasteiger partial charge in [0.25, 0.3) is 5.91 Å². The number of hydrogen-bond acceptors (Lipinski definition) is 4. The molecule has 0 aliphatic rings. The fourth-order valence-electron chi connectivity index (χ4n) is 3.65. The quantitative estimate of drug-likeness (QED) is 0.427. The van der Waals surface area contributed by atoms with Crippen molar-refractivity contribution in [2.75, 3.05) is 0 Å². The Balaban J connectivity index is 1.69. The summed E-state index contributed by atoms with van der Waals surface area (Å²) in [5.41, 5.74) is 6.28. The van der Waals surface area contributed by atoms with Gasteiger partial charge in [0, 0.05) is 29.2 Å². The minimum atomic E-state index is -0.859. The lowest BCUT2D eigenvalue weighted by molar-refractivity contribution is 0.0939. The summed E-state index contributed by atoms with van der Waals surface area (Å²) in [6, 6.07) is 22.4. The number of nitrogens with one attached hydrogen (secondary N) is 1. The van der Waals surface area contributed by atoms with Crippen LogP contribution in [0, 0.1) is 13.8 Å². The molecular weight excluding hydrogens is 410 g/mol. The molecule has 0 radical (unpaired) electrons. The maximum Gasteiger partial charge on any atom is 0.251 e. The average Bonchev–Trinajstić information content (AvgIpc) is 2.84. The smallest absolute Gasteiger partial charge is 0.251 e. The SMILES string of the molecule is Cc1ccc(-c2cc(C(=O)NC(C)c3ccc(C)nc3)cc(C(O)c3ccccc3)c2)nc1. The molecule has 4 aromatic rings. The number of aryl methyl sites for hydroxylation is 2. The van der Waals surface area contributed by atoms with Gasteiger partial charge in [-0.15, -0.1) is 0 Å². The first-order valence-electron chi connectivity index (χ1n) is 10.9. The molecule has 0 saturated heterocycles. The van der Waals surface area contributed by atoms with Crippen LogP contribution in [0.5, 0.6) is 0 Å². The highest BCUT2D eigenvalue weighted by molar-refractivity contribution is 5.96. The summed E-state index contributed by atoms with van der Waals surface area (Å²) >= 11 is 0. The molecule has 2 aromatic carbocycles. The standard InChI is InChI=1S/C28H27N3O2/c1-18-9-12-26(30-16-18)23-13-24(27(32)21-7-5-4-6-8-21)15-25(14-23)28(33)31-20(3)22-11-10-19(2)29-17-22/h4-17,20,27,32H,1-3H3,(H,31,33). The van der Waals surface area contributed by atoms with Gasteiger partial charge >= 0.3 is 0 Å². The van der Waals surface area contributed by atoms with E-state index in [1.54, 1.807) is 18.5 Å². The third-order valence-corrected chi connectivity index (χ3v) is 5.64. The molecule has 2 heterocycles. The molecule has 2 N–H and O–H groups in total. The molecule has 0 spiro atoms. The number of aliphatic hydroxyl groups is 1. The number of rotatable bonds is 6. The Kier molecular flexibility index (Phi) is 6.61. The summed E-state index contributed by atoms with van der Waals surface area (Å²) in [5.74, 6) is -0.224. The summed E-state index contributed by atoms with van der Waals surface area (Å²) in [6.07, 6.45) is 2.71. The molecule has 33 heavy (non-hydrogen) atoms. The van der Waals surface area contributed by atoms with Crippen molar-refractivity contribution in [3.8, 4) is 11.3 Å². The predicted molar refractivity (Wildman–Crippen MR) is 130 cm³/mol. The molecule has 5 heteroatoms. The fourth-order valence-corrected chi connectivity index (χ4v) is 3.65. The highest BCUT2D eigenvalue weighted by Gasteiger charge is 2.18. The fraction of sp³-hybridized carbons (Fsp3) is 0.179. The van der Waals surface area contributed by atoms with Crippen molar-refractivity contribution in [1.29, 1.82) is 0 Å². The van der Waals surface area contributed by atoms with E-state index in [9.17, 15) is 9.90 Å². The average molecular weight is 438 g/mol. The van der Waals surface area contributed by atoms with Gasteiger partial charge in [-0.2, -0.15) is 0 Å². The predicted octanol–water partition coefficient (Wildman–Crippen LogP) is 5.33. The number of carbonyl (C=O) groups excluding carboxylic acids is 1. The van der Waals surface area contributed by atoms with Gasteiger partial charge < -0.3 is 10.4 Å². The van der Waals surface area contributed by atoms with Crippen LogP contribution in [0.15, 0.2) is 85.2 Å². The number of pyridine rings is 2. The van der Waals surface area contributed by atoms with Crippen LogP contribution in [0.3, 0.4) is 0 Å². The number of nitrogens with zero attached hydrogens (tertiary/aromatic N) is 2. The molecule has 5 nitrogen and oxygen atoms in total. The molecular formula is C28H27N3O2. The Morgan fingerprint density at radius 2 is 1.64 bits per heavy atom. The molecule has 0 saturated carbocycles. The summed E-state index contributed by atoms with van der Waals surface area (Å²) in [5, 5.41) is 14.1. The van der Waals surface area contributed by atoms with Crippen molar-refractivity contribution in [2.45, 2.75) is 32.9 Å². The third-order valence-electron chi connectivity index (χ3n) is 5.64. The number of aliphatic hydroxyl groups excluding tert-OH is 1. The monoisotopic (exact) mass is 437 g/mol. The zero-order chi connectivity index (χ0) is 23.4. The summed E-state index contributed by atoms with van der Waals surface area (Å²) < 4.78 is 0. The van der Waals surface area contributed by atoms with Crippen molar-refractivity contribution in [3.05, 3.63) is 119 Å². The van der Waals surface area contributed by atoms with E-state index in [-0.39, 0.29) is 11.9 Å². The number of aromatic nitrogens is 2. The van der Waals surface area contributed by atoms with Crippen LogP contribution in [0.1, 0.15) is 57.4 Å². The van der Waals surface area contributed by atoms with Gasteiger partial charge in [0.15, 0.2) is 0 Å². The van der Waals surface area contributed by atoms with E-state index in [4.69, 9.17) is 0 Å². The van der Waals surface area contributed by atoms with Crippen LogP contribution in [-0.2, 0) is 0 Å². The lowest BCUT2D eigenvalue weighted by Crippen LogP contribution is -2.27. The van der Waals surface area contributed by atoms with Crippen molar-refractivity contribution in [3.63, 3.8) is 0 Å². The second-order valence-corrected chi connectivity index (χ2v) is 8.31. The van der Waals surface area contributed by atoms with Crippen LogP contribution in [0.2, 0.25) is 0 Å². The molecule has 0 bridgehead atoms. The van der Waals surface area contributed by atoms with Gasteiger partial charge in [-0.25, -0.2) is 0 Å². The minimum absolute atomic E-state index is 0.214. The second-order valence-electron chi connectivity index (χ2n) is 8.31. The number of benzene rings is 2. The maximum atomic E-state index is 13.2. The molecule has 4 rings (SSSR count). The maximum absolute atomic E-state index is 13.2. The van der Waals surface area contributed by atoms with E-state index in [1.807, 2.05) is 87.5 Å². The first-order chi connectivity index (χ1) is 15.9. The van der Waals surface area contributed by atoms with Crippen molar-refractivity contribution >= 4 is 5.91 Å². The Morgan fingerprint density at radius 1 is 0.848 bits per heavy atom. The van der Waals surface area contributed by atoms with E-state index in [2.05, 4.69) is 15.3 Å². The van der Waals surface area contributed by atoms with Crippen LogP contribution in [0.25, 0.3) is 11.3 Å². The summed E-state index contributed by atoms with van der Waals surface area (Å²) in [6.45, 7) is 5.83. The van der Waals surface area contributed by atoms with Crippen molar-refractivity contribution < 1.29 is 9.90 Å².